The zero-order chi connectivity index (χ0) is 19.3. The monoisotopic (exact) mass is 382 g/mol. The SMILES string of the molecule is COc1ccc(C2SCC(=O)N2CCNC(=O)OC(C)(C)C)c(OC)c1. The van der Waals surface area contributed by atoms with Crippen LogP contribution in [0.1, 0.15) is 31.7 Å². The van der Waals surface area contributed by atoms with Crippen LogP contribution in [0.4, 0.5) is 4.79 Å². The summed E-state index contributed by atoms with van der Waals surface area (Å²) in [7, 11) is 3.19. The van der Waals surface area contributed by atoms with E-state index in [0.29, 0.717) is 30.3 Å². The van der Waals surface area contributed by atoms with Crippen molar-refractivity contribution in [1.82, 2.24) is 10.2 Å². The number of nitrogens with zero attached hydrogens (tertiary/aromatic N) is 1. The number of nitrogens with one attached hydrogen (secondary N) is 1. The van der Waals surface area contributed by atoms with E-state index in [2.05, 4.69) is 5.32 Å². The lowest BCUT2D eigenvalue weighted by Crippen LogP contribution is -2.39. The number of carbonyl (C=O) groups is 2. The molecule has 1 aliphatic rings. The lowest BCUT2D eigenvalue weighted by molar-refractivity contribution is -0.128. The van der Waals surface area contributed by atoms with Gasteiger partial charge < -0.3 is 24.4 Å². The largest absolute Gasteiger partial charge is 0.497 e. The molecule has 7 nitrogen and oxygen atoms in total. The van der Waals surface area contributed by atoms with E-state index >= 15 is 0 Å². The van der Waals surface area contributed by atoms with Crippen LogP contribution in [-0.2, 0) is 9.53 Å². The van der Waals surface area contributed by atoms with Crippen LogP contribution >= 0.6 is 11.8 Å². The molecule has 26 heavy (non-hydrogen) atoms. The maximum atomic E-state index is 12.3. The van der Waals surface area contributed by atoms with Crippen LogP contribution in [0.25, 0.3) is 0 Å². The second-order valence-corrected chi connectivity index (χ2v) is 7.86. The summed E-state index contributed by atoms with van der Waals surface area (Å²) in [5.74, 6) is 1.79. The van der Waals surface area contributed by atoms with Crippen molar-refractivity contribution < 1.29 is 23.8 Å². The minimum atomic E-state index is -0.553. The first-order valence-electron chi connectivity index (χ1n) is 8.35. The van der Waals surface area contributed by atoms with Crippen LogP contribution in [-0.4, -0.2) is 55.6 Å². The lowest BCUT2D eigenvalue weighted by atomic mass is 10.1. The zero-order valence-electron chi connectivity index (χ0n) is 15.8. The number of hydrogen-bond acceptors (Lipinski definition) is 6. The maximum absolute atomic E-state index is 12.3. The van der Waals surface area contributed by atoms with Crippen molar-refractivity contribution in [2.45, 2.75) is 31.7 Å². The Bertz CT molecular complexity index is 659. The van der Waals surface area contributed by atoms with Crippen LogP contribution in [0.2, 0.25) is 0 Å². The summed E-state index contributed by atoms with van der Waals surface area (Å²) in [6.07, 6.45) is -0.490. The second kappa shape index (κ2) is 8.53. The summed E-state index contributed by atoms with van der Waals surface area (Å²) in [6.45, 7) is 6.12. The normalized spacial score (nSPS) is 17.2. The van der Waals surface area contributed by atoms with E-state index in [1.807, 2.05) is 12.1 Å². The molecule has 0 saturated carbocycles. The van der Waals surface area contributed by atoms with Gasteiger partial charge in [0.1, 0.15) is 22.5 Å². The number of amides is 2. The number of hydrogen-bond donors (Lipinski definition) is 1. The molecule has 1 heterocycles. The van der Waals surface area contributed by atoms with E-state index in [0.717, 1.165) is 5.56 Å². The van der Waals surface area contributed by atoms with Gasteiger partial charge in [0.15, 0.2) is 0 Å². The van der Waals surface area contributed by atoms with Crippen LogP contribution in [0.3, 0.4) is 0 Å². The lowest BCUT2D eigenvalue weighted by Gasteiger charge is -2.26. The third-order valence-electron chi connectivity index (χ3n) is 3.70. The Labute approximate surface area is 158 Å². The van der Waals surface area contributed by atoms with Gasteiger partial charge in [-0.1, -0.05) is 0 Å². The van der Waals surface area contributed by atoms with Crippen molar-refractivity contribution in [1.29, 1.82) is 0 Å². The molecule has 0 spiro atoms. The molecule has 1 atom stereocenters. The molecule has 1 aliphatic heterocycles. The van der Waals surface area contributed by atoms with Crippen molar-refractivity contribution >= 4 is 23.8 Å². The van der Waals surface area contributed by atoms with Crippen LogP contribution < -0.4 is 14.8 Å². The Morgan fingerprint density at radius 1 is 1.31 bits per heavy atom. The molecule has 1 saturated heterocycles. The first-order valence-corrected chi connectivity index (χ1v) is 9.40. The summed E-state index contributed by atoms with van der Waals surface area (Å²) >= 11 is 1.54. The smallest absolute Gasteiger partial charge is 0.407 e. The minimum Gasteiger partial charge on any atom is -0.497 e. The van der Waals surface area contributed by atoms with Crippen molar-refractivity contribution in [3.05, 3.63) is 23.8 Å². The average molecular weight is 382 g/mol. The molecule has 0 aliphatic carbocycles. The summed E-state index contributed by atoms with van der Waals surface area (Å²) in [5, 5.41) is 2.53. The van der Waals surface area contributed by atoms with E-state index < -0.39 is 11.7 Å². The topological polar surface area (TPSA) is 77.1 Å². The number of alkyl carbamates (subject to hydrolysis) is 1. The number of carbonyl (C=O) groups excluding carboxylic acids is 2. The summed E-state index contributed by atoms with van der Waals surface area (Å²) in [6, 6.07) is 5.55. The highest BCUT2D eigenvalue weighted by Crippen LogP contribution is 2.43. The van der Waals surface area contributed by atoms with Crippen molar-refractivity contribution in [2.75, 3.05) is 33.1 Å². The molecule has 144 valence electrons. The second-order valence-electron chi connectivity index (χ2n) is 6.79. The van der Waals surface area contributed by atoms with Gasteiger partial charge in [-0.2, -0.15) is 0 Å². The van der Waals surface area contributed by atoms with E-state index in [1.54, 1.807) is 46.0 Å². The molecule has 2 rings (SSSR count). The molecule has 1 N–H and O–H groups in total. The Kier molecular flexibility index (Phi) is 6.63. The number of methoxy groups -OCH3 is 2. The van der Waals surface area contributed by atoms with E-state index in [-0.39, 0.29) is 11.3 Å². The highest BCUT2D eigenvalue weighted by atomic mass is 32.2. The van der Waals surface area contributed by atoms with Gasteiger partial charge in [0.05, 0.1) is 20.0 Å². The fourth-order valence-corrected chi connectivity index (χ4v) is 3.81. The van der Waals surface area contributed by atoms with Crippen LogP contribution in [0, 0.1) is 0 Å². The standard InChI is InChI=1S/C18H26N2O5S/c1-18(2,3)25-17(22)19-8-9-20-15(21)11-26-16(20)13-7-6-12(23-4)10-14(13)24-5/h6-7,10,16H,8-9,11H2,1-5H3,(H,19,22). The molecule has 8 heteroatoms. The predicted octanol–water partition coefficient (Wildman–Crippen LogP) is 2.80. The van der Waals surface area contributed by atoms with Gasteiger partial charge in [0.25, 0.3) is 0 Å². The Hall–Kier alpha value is -2.09. The molecule has 2 amide bonds. The van der Waals surface area contributed by atoms with Gasteiger partial charge in [-0.25, -0.2) is 4.79 Å². The van der Waals surface area contributed by atoms with Crippen molar-refractivity contribution in [3.8, 4) is 11.5 Å². The first-order chi connectivity index (χ1) is 12.2. The average Bonchev–Trinajstić information content (AvgIpc) is 2.93. The van der Waals surface area contributed by atoms with Gasteiger partial charge in [-0.3, -0.25) is 4.79 Å². The van der Waals surface area contributed by atoms with Gasteiger partial charge >= 0.3 is 6.09 Å². The molecular weight excluding hydrogens is 356 g/mol. The summed E-state index contributed by atoms with van der Waals surface area (Å²) in [4.78, 5) is 25.8. The Balaban J connectivity index is 2.04. The molecule has 0 aromatic heterocycles. The highest BCUT2D eigenvalue weighted by molar-refractivity contribution is 8.00. The molecule has 1 unspecified atom stereocenters. The van der Waals surface area contributed by atoms with Gasteiger partial charge in [-0.05, 0) is 32.9 Å². The molecule has 1 fully saturated rings. The van der Waals surface area contributed by atoms with E-state index in [1.165, 1.54) is 11.8 Å². The molecule has 0 radical (unpaired) electrons. The summed E-state index contributed by atoms with van der Waals surface area (Å²) < 4.78 is 15.9. The predicted molar refractivity (Wildman–Crippen MR) is 101 cm³/mol. The Morgan fingerprint density at radius 3 is 2.65 bits per heavy atom. The van der Waals surface area contributed by atoms with E-state index in [4.69, 9.17) is 14.2 Å². The molecule has 0 bridgehead atoms. The quantitative estimate of drug-likeness (QED) is 0.815. The molecular formula is C18H26N2O5S. The third kappa shape index (κ3) is 5.20. The van der Waals surface area contributed by atoms with Crippen LogP contribution in [0.5, 0.6) is 11.5 Å². The number of benzene rings is 1. The highest BCUT2D eigenvalue weighted by Gasteiger charge is 2.34. The fourth-order valence-electron chi connectivity index (χ4n) is 2.57. The molecule has 1 aromatic rings. The molecule has 1 aromatic carbocycles. The van der Waals surface area contributed by atoms with Crippen LogP contribution in [0.15, 0.2) is 18.2 Å². The van der Waals surface area contributed by atoms with E-state index in [9.17, 15) is 9.59 Å². The maximum Gasteiger partial charge on any atom is 0.407 e. The van der Waals surface area contributed by atoms with Gasteiger partial charge in [0, 0.05) is 24.7 Å². The van der Waals surface area contributed by atoms with Crippen molar-refractivity contribution in [3.63, 3.8) is 0 Å². The zero-order valence-corrected chi connectivity index (χ0v) is 16.6. The number of ether oxygens (including phenoxy) is 3. The fraction of sp³-hybridized carbons (Fsp3) is 0.556. The van der Waals surface area contributed by atoms with Gasteiger partial charge in [-0.15, -0.1) is 11.8 Å². The minimum absolute atomic E-state index is 0.0314. The third-order valence-corrected chi connectivity index (χ3v) is 4.93. The first kappa shape index (κ1) is 20.2. The number of rotatable bonds is 6. The Morgan fingerprint density at radius 2 is 2.04 bits per heavy atom. The van der Waals surface area contributed by atoms with Crippen molar-refractivity contribution in [2.24, 2.45) is 0 Å². The number of thioether (sulfide) groups is 1. The van der Waals surface area contributed by atoms with Gasteiger partial charge in [0.2, 0.25) is 5.91 Å². The summed E-state index contributed by atoms with van der Waals surface area (Å²) in [5.41, 5.74) is 0.351.